The number of halogens is 2. The average molecular weight is 401 g/mol. The van der Waals surface area contributed by atoms with Crippen LogP contribution in [0.15, 0.2) is 18.2 Å². The van der Waals surface area contributed by atoms with Gasteiger partial charge in [-0.15, -0.1) is 0 Å². The maximum Gasteiger partial charge on any atom is 0.241 e. The third kappa shape index (κ3) is 6.13. The second kappa shape index (κ2) is 9.55. The summed E-state index contributed by atoms with van der Waals surface area (Å²) in [6, 6.07) is 4.85. The van der Waals surface area contributed by atoms with Crippen molar-refractivity contribution in [2.75, 3.05) is 38.0 Å². The van der Waals surface area contributed by atoms with Crippen LogP contribution in [0.25, 0.3) is 0 Å². The molecular formula is C18H26Cl2N4O2. The maximum absolute atomic E-state index is 12.5. The zero-order valence-electron chi connectivity index (χ0n) is 15.4. The van der Waals surface area contributed by atoms with Crippen LogP contribution in [-0.4, -0.2) is 66.4 Å². The third-order valence-electron chi connectivity index (χ3n) is 4.34. The molecule has 1 saturated heterocycles. The molecule has 1 aliphatic heterocycles. The van der Waals surface area contributed by atoms with Gasteiger partial charge in [0, 0.05) is 37.2 Å². The molecule has 26 heavy (non-hydrogen) atoms. The summed E-state index contributed by atoms with van der Waals surface area (Å²) in [5.74, 6) is -0.0724. The monoisotopic (exact) mass is 400 g/mol. The predicted octanol–water partition coefficient (Wildman–Crippen LogP) is 2.46. The molecule has 0 aromatic heterocycles. The summed E-state index contributed by atoms with van der Waals surface area (Å²) in [5, 5.41) is 6.69. The summed E-state index contributed by atoms with van der Waals surface area (Å²) >= 11 is 12.0. The van der Waals surface area contributed by atoms with Gasteiger partial charge in [-0.05, 0) is 39.0 Å². The summed E-state index contributed by atoms with van der Waals surface area (Å²) < 4.78 is 0. The van der Waals surface area contributed by atoms with Crippen LogP contribution in [-0.2, 0) is 9.59 Å². The van der Waals surface area contributed by atoms with Crippen molar-refractivity contribution in [2.24, 2.45) is 0 Å². The van der Waals surface area contributed by atoms with Crippen LogP contribution in [0.5, 0.6) is 0 Å². The van der Waals surface area contributed by atoms with Crippen molar-refractivity contribution in [2.45, 2.75) is 32.9 Å². The Balaban J connectivity index is 1.82. The molecule has 0 aliphatic carbocycles. The molecule has 2 N–H and O–H groups in total. The number of amides is 2. The summed E-state index contributed by atoms with van der Waals surface area (Å²) in [7, 11) is 0. The van der Waals surface area contributed by atoms with Gasteiger partial charge >= 0.3 is 0 Å². The summed E-state index contributed by atoms with van der Waals surface area (Å²) in [5.41, 5.74) is 0.553. The molecule has 144 valence electrons. The van der Waals surface area contributed by atoms with Crippen LogP contribution >= 0.6 is 23.2 Å². The van der Waals surface area contributed by atoms with E-state index >= 15 is 0 Å². The minimum absolute atomic E-state index is 0.0385. The summed E-state index contributed by atoms with van der Waals surface area (Å²) in [4.78, 5) is 28.6. The number of piperazine rings is 1. The first kappa shape index (κ1) is 21.0. The van der Waals surface area contributed by atoms with Crippen molar-refractivity contribution < 1.29 is 9.59 Å². The van der Waals surface area contributed by atoms with Crippen LogP contribution in [0, 0.1) is 0 Å². The molecule has 0 radical (unpaired) electrons. The molecule has 1 aromatic rings. The highest BCUT2D eigenvalue weighted by Gasteiger charge is 2.26. The normalized spacial score (nSPS) is 17.2. The molecule has 1 heterocycles. The first-order chi connectivity index (χ1) is 12.3. The Kier molecular flexibility index (Phi) is 7.70. The van der Waals surface area contributed by atoms with Crippen molar-refractivity contribution in [1.82, 2.24) is 15.1 Å². The van der Waals surface area contributed by atoms with E-state index < -0.39 is 0 Å². The molecule has 1 atom stereocenters. The molecule has 0 spiro atoms. The van der Waals surface area contributed by atoms with E-state index in [-0.39, 0.29) is 23.9 Å². The average Bonchev–Trinajstić information content (AvgIpc) is 2.56. The largest absolute Gasteiger partial charge is 0.353 e. The fourth-order valence-corrected chi connectivity index (χ4v) is 3.33. The molecular weight excluding hydrogens is 375 g/mol. The first-order valence-electron chi connectivity index (χ1n) is 8.78. The van der Waals surface area contributed by atoms with Crippen LogP contribution in [0.3, 0.4) is 0 Å². The quantitative estimate of drug-likeness (QED) is 0.769. The Labute approximate surface area is 164 Å². The SMILES string of the molecule is CC(C)NC(=O)CN1CCN(C(C)C(=O)Nc2ccc(Cl)cc2Cl)CC1. The molecule has 1 aliphatic rings. The highest BCUT2D eigenvalue weighted by molar-refractivity contribution is 6.36. The zero-order valence-corrected chi connectivity index (χ0v) is 16.9. The second-order valence-corrected chi connectivity index (χ2v) is 7.67. The lowest BCUT2D eigenvalue weighted by Crippen LogP contribution is -2.54. The van der Waals surface area contributed by atoms with Gasteiger partial charge in [0.05, 0.1) is 23.3 Å². The molecule has 2 amide bonds. The number of hydrogen-bond acceptors (Lipinski definition) is 4. The minimum Gasteiger partial charge on any atom is -0.353 e. The first-order valence-corrected chi connectivity index (χ1v) is 9.53. The molecule has 2 rings (SSSR count). The van der Waals surface area contributed by atoms with E-state index in [9.17, 15) is 9.59 Å². The van der Waals surface area contributed by atoms with E-state index in [0.29, 0.717) is 22.3 Å². The lowest BCUT2D eigenvalue weighted by atomic mass is 10.2. The van der Waals surface area contributed by atoms with Gasteiger partial charge in [0.2, 0.25) is 11.8 Å². The van der Waals surface area contributed by atoms with Crippen LogP contribution in [0.2, 0.25) is 10.0 Å². The number of nitrogens with one attached hydrogen (secondary N) is 2. The summed E-state index contributed by atoms with van der Waals surface area (Å²) in [6.45, 7) is 9.14. The third-order valence-corrected chi connectivity index (χ3v) is 4.89. The van der Waals surface area contributed by atoms with Crippen LogP contribution in [0.4, 0.5) is 5.69 Å². The Bertz CT molecular complexity index is 646. The van der Waals surface area contributed by atoms with Crippen molar-refractivity contribution in [3.8, 4) is 0 Å². The van der Waals surface area contributed by atoms with Gasteiger partial charge in [0.1, 0.15) is 0 Å². The summed E-state index contributed by atoms with van der Waals surface area (Å²) in [6.07, 6.45) is 0. The predicted molar refractivity (Wildman–Crippen MR) is 106 cm³/mol. The minimum atomic E-state index is -0.284. The van der Waals surface area contributed by atoms with Crippen molar-refractivity contribution in [3.63, 3.8) is 0 Å². The smallest absolute Gasteiger partial charge is 0.241 e. The van der Waals surface area contributed by atoms with Gasteiger partial charge < -0.3 is 10.6 Å². The van der Waals surface area contributed by atoms with Gasteiger partial charge in [0.15, 0.2) is 0 Å². The zero-order chi connectivity index (χ0) is 19.3. The Morgan fingerprint density at radius 2 is 1.77 bits per heavy atom. The van der Waals surface area contributed by atoms with E-state index in [1.54, 1.807) is 18.2 Å². The molecule has 8 heteroatoms. The van der Waals surface area contributed by atoms with Gasteiger partial charge in [-0.3, -0.25) is 19.4 Å². The fraction of sp³-hybridized carbons (Fsp3) is 0.556. The van der Waals surface area contributed by atoms with Crippen LogP contribution in [0.1, 0.15) is 20.8 Å². The molecule has 6 nitrogen and oxygen atoms in total. The number of carbonyl (C=O) groups excluding carboxylic acids is 2. The van der Waals surface area contributed by atoms with E-state index in [0.717, 1.165) is 26.2 Å². The number of rotatable bonds is 6. The van der Waals surface area contributed by atoms with E-state index in [1.807, 2.05) is 20.8 Å². The van der Waals surface area contributed by atoms with Gasteiger partial charge in [-0.1, -0.05) is 23.2 Å². The van der Waals surface area contributed by atoms with Gasteiger partial charge in [0.25, 0.3) is 0 Å². The topological polar surface area (TPSA) is 64.7 Å². The number of anilines is 1. The number of carbonyl (C=O) groups is 2. The second-order valence-electron chi connectivity index (χ2n) is 6.82. The number of hydrogen-bond donors (Lipinski definition) is 2. The lowest BCUT2D eigenvalue weighted by Gasteiger charge is -2.37. The van der Waals surface area contributed by atoms with Crippen molar-refractivity contribution >= 4 is 40.7 Å². The fourth-order valence-electron chi connectivity index (χ4n) is 2.87. The molecule has 1 unspecified atom stereocenters. The van der Waals surface area contributed by atoms with E-state index in [1.165, 1.54) is 0 Å². The van der Waals surface area contributed by atoms with Gasteiger partial charge in [-0.2, -0.15) is 0 Å². The Morgan fingerprint density at radius 3 is 2.35 bits per heavy atom. The lowest BCUT2D eigenvalue weighted by molar-refractivity contribution is -0.125. The van der Waals surface area contributed by atoms with Crippen molar-refractivity contribution in [1.29, 1.82) is 0 Å². The molecule has 1 aromatic carbocycles. The Morgan fingerprint density at radius 1 is 1.12 bits per heavy atom. The van der Waals surface area contributed by atoms with Crippen molar-refractivity contribution in [3.05, 3.63) is 28.2 Å². The van der Waals surface area contributed by atoms with Crippen LogP contribution < -0.4 is 10.6 Å². The van der Waals surface area contributed by atoms with E-state index in [4.69, 9.17) is 23.2 Å². The Hall–Kier alpha value is -1.34. The maximum atomic E-state index is 12.5. The molecule has 0 bridgehead atoms. The van der Waals surface area contributed by atoms with E-state index in [2.05, 4.69) is 20.4 Å². The molecule has 1 fully saturated rings. The highest BCUT2D eigenvalue weighted by Crippen LogP contribution is 2.25. The standard InChI is InChI=1S/C18H26Cl2N4O2/c1-12(2)21-17(25)11-23-6-8-24(9-7-23)13(3)18(26)22-16-5-4-14(19)10-15(16)20/h4-5,10,12-13H,6-9,11H2,1-3H3,(H,21,25)(H,22,26). The number of nitrogens with zero attached hydrogens (tertiary/aromatic N) is 2. The highest BCUT2D eigenvalue weighted by atomic mass is 35.5. The van der Waals surface area contributed by atoms with Gasteiger partial charge in [-0.25, -0.2) is 0 Å². The number of benzene rings is 1. The molecule has 0 saturated carbocycles.